The summed E-state index contributed by atoms with van der Waals surface area (Å²) in [6.07, 6.45) is -4.83. The highest BCUT2D eigenvalue weighted by atomic mass is 19.4. The first-order valence-corrected chi connectivity index (χ1v) is 7.35. The number of halogens is 3. The van der Waals surface area contributed by atoms with E-state index in [4.69, 9.17) is 4.74 Å². The van der Waals surface area contributed by atoms with Crippen molar-refractivity contribution in [1.82, 2.24) is 9.97 Å². The van der Waals surface area contributed by atoms with Gasteiger partial charge in [0.05, 0.1) is 23.7 Å². The number of benzene rings is 1. The zero-order chi connectivity index (χ0) is 18.6. The van der Waals surface area contributed by atoms with E-state index in [-0.39, 0.29) is 11.6 Å². The smallest absolute Gasteiger partial charge is 0.464 e. The molecular weight excluding hydrogens is 339 g/mol. The van der Waals surface area contributed by atoms with Crippen molar-refractivity contribution in [2.24, 2.45) is 0 Å². The van der Waals surface area contributed by atoms with Crippen LogP contribution in [0.1, 0.15) is 28.7 Å². The number of carbonyl (C=O) groups is 1. The van der Waals surface area contributed by atoms with Crippen LogP contribution in [0.25, 0.3) is 0 Å². The molecule has 2 aromatic rings. The van der Waals surface area contributed by atoms with Crippen LogP contribution in [0.4, 0.5) is 18.9 Å². The number of ether oxygens (including phenoxy) is 2. The summed E-state index contributed by atoms with van der Waals surface area (Å²) in [5, 5.41) is 2.60. The Morgan fingerprint density at radius 3 is 2.40 bits per heavy atom. The molecule has 0 aliphatic carbocycles. The molecule has 0 saturated carbocycles. The van der Waals surface area contributed by atoms with Crippen LogP contribution >= 0.6 is 0 Å². The van der Waals surface area contributed by atoms with Crippen LogP contribution in [0, 0.1) is 13.8 Å². The van der Waals surface area contributed by atoms with Crippen LogP contribution in [0.3, 0.4) is 0 Å². The van der Waals surface area contributed by atoms with Gasteiger partial charge in [-0.2, -0.15) is 9.97 Å². The van der Waals surface area contributed by atoms with Gasteiger partial charge in [-0.1, -0.05) is 6.07 Å². The molecule has 1 aromatic heterocycles. The Kier molecular flexibility index (Phi) is 5.45. The fourth-order valence-electron chi connectivity index (χ4n) is 2.08. The third kappa shape index (κ3) is 5.07. The number of anilines is 1. The second-order valence-corrected chi connectivity index (χ2v) is 5.01. The predicted molar refractivity (Wildman–Crippen MR) is 83.8 cm³/mol. The molecule has 0 aliphatic heterocycles. The van der Waals surface area contributed by atoms with Crippen molar-refractivity contribution < 1.29 is 27.4 Å². The molecule has 6 nitrogen and oxygen atoms in total. The fourth-order valence-corrected chi connectivity index (χ4v) is 2.08. The zero-order valence-corrected chi connectivity index (χ0v) is 13.8. The molecule has 1 aromatic carbocycles. The van der Waals surface area contributed by atoms with E-state index < -0.39 is 18.0 Å². The molecule has 0 bridgehead atoms. The van der Waals surface area contributed by atoms with E-state index in [1.807, 2.05) is 0 Å². The van der Waals surface area contributed by atoms with Crippen molar-refractivity contribution in [3.8, 4) is 11.8 Å². The van der Waals surface area contributed by atoms with E-state index in [1.165, 1.54) is 12.1 Å². The molecule has 1 amide bonds. The maximum atomic E-state index is 12.3. The van der Waals surface area contributed by atoms with Gasteiger partial charge in [-0.25, -0.2) is 0 Å². The van der Waals surface area contributed by atoms with Gasteiger partial charge in [-0.15, -0.1) is 13.2 Å². The summed E-state index contributed by atoms with van der Waals surface area (Å²) in [4.78, 5) is 20.5. The van der Waals surface area contributed by atoms with Gasteiger partial charge in [0.15, 0.2) is 0 Å². The van der Waals surface area contributed by atoms with Crippen LogP contribution in [-0.2, 0) is 0 Å². The second-order valence-electron chi connectivity index (χ2n) is 5.01. The lowest BCUT2D eigenvalue weighted by Crippen LogP contribution is -2.18. The Morgan fingerprint density at radius 2 is 1.84 bits per heavy atom. The quantitative estimate of drug-likeness (QED) is 0.886. The first-order chi connectivity index (χ1) is 11.7. The van der Waals surface area contributed by atoms with E-state index >= 15 is 0 Å². The number of alkyl halides is 3. The van der Waals surface area contributed by atoms with Crippen LogP contribution in [0.5, 0.6) is 11.8 Å². The molecule has 1 N–H and O–H groups in total. The largest absolute Gasteiger partial charge is 0.573 e. The molecular formula is C16H16F3N3O3. The molecule has 0 atom stereocenters. The van der Waals surface area contributed by atoms with Crippen LogP contribution < -0.4 is 14.8 Å². The average molecular weight is 355 g/mol. The van der Waals surface area contributed by atoms with E-state index in [0.29, 0.717) is 23.7 Å². The summed E-state index contributed by atoms with van der Waals surface area (Å²) in [6, 6.07) is 4.98. The Hall–Kier alpha value is -2.84. The number of hydrogen-bond acceptors (Lipinski definition) is 5. The van der Waals surface area contributed by atoms with Gasteiger partial charge in [-0.05, 0) is 39.0 Å². The van der Waals surface area contributed by atoms with Crippen molar-refractivity contribution in [3.05, 3.63) is 41.2 Å². The normalized spacial score (nSPS) is 11.1. The molecule has 25 heavy (non-hydrogen) atoms. The molecule has 2 rings (SSSR count). The Bertz CT molecular complexity index is 756. The van der Waals surface area contributed by atoms with Crippen molar-refractivity contribution in [3.63, 3.8) is 0 Å². The number of nitrogens with zero attached hydrogens (tertiary/aromatic N) is 2. The summed E-state index contributed by atoms with van der Waals surface area (Å²) in [7, 11) is 0. The zero-order valence-electron chi connectivity index (χ0n) is 13.8. The lowest BCUT2D eigenvalue weighted by molar-refractivity contribution is -0.274. The standard InChI is InChI=1S/C16H16F3N3O3/c1-4-24-15-20-9(2)13(10(3)21-15)22-14(23)11-6-5-7-12(8-11)25-16(17,18)19/h5-8H,4H2,1-3H3,(H,22,23). The van der Waals surface area contributed by atoms with Crippen molar-refractivity contribution in [2.45, 2.75) is 27.1 Å². The summed E-state index contributed by atoms with van der Waals surface area (Å²) >= 11 is 0. The monoisotopic (exact) mass is 355 g/mol. The fraction of sp³-hybridized carbons (Fsp3) is 0.312. The molecule has 0 radical (unpaired) electrons. The van der Waals surface area contributed by atoms with Gasteiger partial charge in [-0.3, -0.25) is 4.79 Å². The Balaban J connectivity index is 2.21. The van der Waals surface area contributed by atoms with Gasteiger partial charge in [0, 0.05) is 5.56 Å². The third-order valence-corrected chi connectivity index (χ3v) is 3.09. The molecule has 0 aliphatic rings. The molecule has 0 spiro atoms. The van der Waals surface area contributed by atoms with Crippen molar-refractivity contribution in [1.29, 1.82) is 0 Å². The molecule has 0 saturated heterocycles. The topological polar surface area (TPSA) is 73.3 Å². The first-order valence-electron chi connectivity index (χ1n) is 7.35. The molecule has 134 valence electrons. The lowest BCUT2D eigenvalue weighted by Gasteiger charge is -2.13. The van der Waals surface area contributed by atoms with Gasteiger partial charge in [0.25, 0.3) is 5.91 Å². The number of nitrogens with one attached hydrogen (secondary N) is 1. The maximum Gasteiger partial charge on any atom is 0.573 e. The van der Waals surface area contributed by atoms with E-state index in [0.717, 1.165) is 12.1 Å². The summed E-state index contributed by atoms with van der Waals surface area (Å²) in [5.74, 6) is -1.08. The number of aromatic nitrogens is 2. The van der Waals surface area contributed by atoms with Crippen LogP contribution in [-0.4, -0.2) is 28.8 Å². The van der Waals surface area contributed by atoms with Gasteiger partial charge in [0.2, 0.25) is 0 Å². The van der Waals surface area contributed by atoms with E-state index in [9.17, 15) is 18.0 Å². The number of carbonyl (C=O) groups excluding carboxylic acids is 1. The van der Waals surface area contributed by atoms with Crippen molar-refractivity contribution in [2.75, 3.05) is 11.9 Å². The Labute approximate surface area is 142 Å². The molecule has 0 unspecified atom stereocenters. The van der Waals surface area contributed by atoms with Gasteiger partial charge in [0.1, 0.15) is 5.75 Å². The van der Waals surface area contributed by atoms with E-state index in [1.54, 1.807) is 20.8 Å². The number of hydrogen-bond donors (Lipinski definition) is 1. The SMILES string of the molecule is CCOc1nc(C)c(NC(=O)c2cccc(OC(F)(F)F)c2)c(C)n1. The van der Waals surface area contributed by atoms with E-state index in [2.05, 4.69) is 20.0 Å². The third-order valence-electron chi connectivity index (χ3n) is 3.09. The second kappa shape index (κ2) is 7.37. The van der Waals surface area contributed by atoms with Crippen LogP contribution in [0.2, 0.25) is 0 Å². The number of amides is 1. The number of rotatable bonds is 5. The minimum Gasteiger partial charge on any atom is -0.464 e. The Morgan fingerprint density at radius 1 is 1.20 bits per heavy atom. The van der Waals surface area contributed by atoms with Gasteiger partial charge >= 0.3 is 12.4 Å². The van der Waals surface area contributed by atoms with Gasteiger partial charge < -0.3 is 14.8 Å². The molecule has 1 heterocycles. The van der Waals surface area contributed by atoms with Crippen LogP contribution in [0.15, 0.2) is 24.3 Å². The summed E-state index contributed by atoms with van der Waals surface area (Å²) in [5.41, 5.74) is 1.34. The highest BCUT2D eigenvalue weighted by Gasteiger charge is 2.31. The summed E-state index contributed by atoms with van der Waals surface area (Å²) in [6.45, 7) is 5.52. The molecule has 0 fully saturated rings. The maximum absolute atomic E-state index is 12.3. The first kappa shape index (κ1) is 18.5. The predicted octanol–water partition coefficient (Wildman–Crippen LogP) is 3.64. The summed E-state index contributed by atoms with van der Waals surface area (Å²) < 4.78 is 45.9. The molecule has 9 heteroatoms. The minimum absolute atomic E-state index is 0.00874. The van der Waals surface area contributed by atoms with Crippen molar-refractivity contribution >= 4 is 11.6 Å². The average Bonchev–Trinajstić information content (AvgIpc) is 2.49. The number of aryl methyl sites for hydroxylation is 2. The highest BCUT2D eigenvalue weighted by molar-refractivity contribution is 6.05. The lowest BCUT2D eigenvalue weighted by atomic mass is 10.2. The minimum atomic E-state index is -4.83. The highest BCUT2D eigenvalue weighted by Crippen LogP contribution is 2.25.